The standard InChI is InChI=1S/C27H28ClF3IN2O2PS/c1-6-21(16-22(7-2)36-27(29,30)31)35-26-23(15-19-9-11-20(28)12-10-19)24-17(3)34(13-8-14-37-32)18(4)33(5)25(24)38-26/h6-7,9-12,16,37H,2-4,8,13-15H2,1,5H3/b21-6+,22-16+. The minimum absolute atomic E-state index is 0.187. The fourth-order valence-electron chi connectivity index (χ4n) is 3.85. The Labute approximate surface area is 245 Å². The van der Waals surface area contributed by atoms with Crippen LogP contribution in [0.15, 0.2) is 79.6 Å². The predicted molar refractivity (Wildman–Crippen MR) is 163 cm³/mol. The summed E-state index contributed by atoms with van der Waals surface area (Å²) >= 11 is 9.89. The monoisotopic (exact) mass is 694 g/mol. The highest BCUT2D eigenvalue weighted by Crippen LogP contribution is 2.51. The third-order valence-electron chi connectivity index (χ3n) is 5.73. The second kappa shape index (κ2) is 13.4. The maximum Gasteiger partial charge on any atom is 0.573 e. The second-order valence-corrected chi connectivity index (χ2v) is 12.7. The van der Waals surface area contributed by atoms with E-state index in [1.807, 2.05) is 36.2 Å². The van der Waals surface area contributed by atoms with Crippen LogP contribution in [0.3, 0.4) is 0 Å². The number of hydrogen-bond acceptors (Lipinski definition) is 5. The van der Waals surface area contributed by atoms with Gasteiger partial charge >= 0.3 is 6.36 Å². The van der Waals surface area contributed by atoms with Crippen molar-refractivity contribution in [1.82, 2.24) is 4.90 Å². The van der Waals surface area contributed by atoms with Gasteiger partial charge in [0.2, 0.25) is 0 Å². The lowest BCUT2D eigenvalue weighted by Gasteiger charge is -2.39. The number of ether oxygens (including phenoxy) is 2. The van der Waals surface area contributed by atoms with Gasteiger partial charge in [-0.2, -0.15) is 0 Å². The van der Waals surface area contributed by atoms with E-state index in [2.05, 4.69) is 51.4 Å². The molecule has 1 aromatic carbocycles. The Morgan fingerprint density at radius 1 is 1.21 bits per heavy atom. The van der Waals surface area contributed by atoms with Crippen LogP contribution in [-0.4, -0.2) is 31.0 Å². The second-order valence-electron chi connectivity index (χ2n) is 8.25. The Morgan fingerprint density at radius 3 is 2.47 bits per heavy atom. The summed E-state index contributed by atoms with van der Waals surface area (Å²) in [4.78, 5) is 4.12. The molecule has 204 valence electrons. The first-order valence-corrected chi connectivity index (χ1v) is 17.1. The topological polar surface area (TPSA) is 24.9 Å². The average molecular weight is 695 g/mol. The van der Waals surface area contributed by atoms with Gasteiger partial charge in [0.05, 0.1) is 0 Å². The molecule has 11 heteroatoms. The zero-order chi connectivity index (χ0) is 28.0. The summed E-state index contributed by atoms with van der Waals surface area (Å²) in [5.41, 5.74) is 3.63. The van der Waals surface area contributed by atoms with Gasteiger partial charge in [-0.1, -0.05) is 83.1 Å². The van der Waals surface area contributed by atoms with E-state index in [0.29, 0.717) is 16.5 Å². The number of thiophene rings is 1. The third kappa shape index (κ3) is 7.58. The lowest BCUT2D eigenvalue weighted by Crippen LogP contribution is -2.36. The van der Waals surface area contributed by atoms with Crippen molar-refractivity contribution in [3.8, 4) is 5.06 Å². The quantitative estimate of drug-likeness (QED) is 0.0770. The summed E-state index contributed by atoms with van der Waals surface area (Å²) in [7, 11) is 1.94. The molecule has 0 radical (unpaired) electrons. The molecule has 2 aromatic rings. The van der Waals surface area contributed by atoms with Crippen molar-refractivity contribution in [2.75, 3.05) is 24.7 Å². The maximum atomic E-state index is 12.8. The summed E-state index contributed by atoms with van der Waals surface area (Å²) in [6.45, 7) is 14.6. The van der Waals surface area contributed by atoms with E-state index in [-0.39, 0.29) is 5.76 Å². The molecule has 0 aliphatic carbocycles. The van der Waals surface area contributed by atoms with E-state index in [1.54, 1.807) is 13.0 Å². The number of benzene rings is 1. The summed E-state index contributed by atoms with van der Waals surface area (Å²) in [6.07, 6.45) is 2.33. The number of anilines is 1. The molecule has 0 N–H and O–H groups in total. The predicted octanol–water partition coefficient (Wildman–Crippen LogP) is 9.49. The zero-order valence-electron chi connectivity index (χ0n) is 21.0. The number of halogens is 5. The molecule has 1 unspecified atom stereocenters. The Kier molecular flexibility index (Phi) is 10.8. The number of alkyl halides is 3. The highest BCUT2D eigenvalue weighted by molar-refractivity contribution is 14.2. The molecule has 4 nitrogen and oxygen atoms in total. The Morgan fingerprint density at radius 2 is 1.89 bits per heavy atom. The first kappa shape index (κ1) is 30.6. The summed E-state index contributed by atoms with van der Waals surface area (Å²) in [5, 5.41) is 2.07. The van der Waals surface area contributed by atoms with Gasteiger partial charge in [0.15, 0.2) is 5.06 Å². The molecule has 0 spiro atoms. The van der Waals surface area contributed by atoms with Gasteiger partial charge in [-0.3, -0.25) is 0 Å². The van der Waals surface area contributed by atoms with Crippen molar-refractivity contribution < 1.29 is 22.6 Å². The summed E-state index contributed by atoms with van der Waals surface area (Å²) in [6, 6.07) is 7.52. The molecule has 2 heterocycles. The van der Waals surface area contributed by atoms with E-state index in [1.165, 1.54) is 17.4 Å². The van der Waals surface area contributed by atoms with E-state index < -0.39 is 12.1 Å². The SMILES string of the molecule is C=C/C(=C\C(=C/C)Oc1sc2c(c1Cc1ccc(Cl)cc1)C(=C)N(CCCPI)C(=C)N2C)OC(F)(F)F. The fraction of sp³-hybridized carbons (Fsp3) is 0.259. The van der Waals surface area contributed by atoms with Gasteiger partial charge < -0.3 is 19.3 Å². The summed E-state index contributed by atoms with van der Waals surface area (Å²) in [5.74, 6) is 0.527. The van der Waals surface area contributed by atoms with Crippen molar-refractivity contribution in [3.05, 3.63) is 101 Å². The first-order valence-electron chi connectivity index (χ1n) is 11.6. The van der Waals surface area contributed by atoms with Gasteiger partial charge in [0.1, 0.15) is 22.3 Å². The van der Waals surface area contributed by atoms with Crippen LogP contribution in [0.25, 0.3) is 5.70 Å². The van der Waals surface area contributed by atoms with Gasteiger partial charge in [-0.05, 0) is 49.4 Å². The number of fused-ring (bicyclic) bond motifs is 1. The normalized spacial score (nSPS) is 14.9. The number of allylic oxidation sites excluding steroid dienone is 3. The Hall–Kier alpha value is -1.94. The van der Waals surface area contributed by atoms with Crippen molar-refractivity contribution in [2.24, 2.45) is 0 Å². The highest BCUT2D eigenvalue weighted by atomic mass is 127. The van der Waals surface area contributed by atoms with E-state index in [0.717, 1.165) is 64.6 Å². The van der Waals surface area contributed by atoms with Crippen LogP contribution in [0.4, 0.5) is 18.2 Å². The largest absolute Gasteiger partial charge is 0.573 e. The molecule has 38 heavy (non-hydrogen) atoms. The minimum Gasteiger partial charge on any atom is -0.446 e. The van der Waals surface area contributed by atoms with E-state index in [4.69, 9.17) is 16.3 Å². The van der Waals surface area contributed by atoms with Crippen LogP contribution in [-0.2, 0) is 11.2 Å². The molecule has 0 bridgehead atoms. The number of rotatable bonds is 11. The van der Waals surface area contributed by atoms with Gasteiger partial charge in [-0.25, -0.2) is 0 Å². The van der Waals surface area contributed by atoms with Gasteiger partial charge in [0, 0.05) is 47.9 Å². The third-order valence-corrected chi connectivity index (χ3v) is 9.33. The van der Waals surface area contributed by atoms with E-state index >= 15 is 0 Å². The fourth-order valence-corrected chi connectivity index (χ4v) is 6.61. The highest BCUT2D eigenvalue weighted by Gasteiger charge is 2.34. The number of nitrogens with zero attached hydrogens (tertiary/aromatic N) is 2. The van der Waals surface area contributed by atoms with Crippen LogP contribution in [0.5, 0.6) is 5.06 Å². The van der Waals surface area contributed by atoms with Crippen LogP contribution >= 0.6 is 51.2 Å². The molecule has 1 aromatic heterocycles. The molecular formula is C27H28ClF3IN2O2PS. The van der Waals surface area contributed by atoms with Crippen LogP contribution < -0.4 is 9.64 Å². The van der Waals surface area contributed by atoms with E-state index in [9.17, 15) is 13.2 Å². The smallest absolute Gasteiger partial charge is 0.446 e. The van der Waals surface area contributed by atoms with Crippen molar-refractivity contribution >= 4 is 61.9 Å². The number of hydrogen-bond donors (Lipinski definition) is 0. The zero-order valence-corrected chi connectivity index (χ0v) is 25.7. The molecule has 1 aliphatic heterocycles. The summed E-state index contributed by atoms with van der Waals surface area (Å²) < 4.78 is 48.8. The van der Waals surface area contributed by atoms with Gasteiger partial charge in [0.25, 0.3) is 0 Å². The minimum atomic E-state index is -4.84. The molecule has 0 fully saturated rings. The molecule has 0 saturated carbocycles. The van der Waals surface area contributed by atoms with Gasteiger partial charge in [-0.15, -0.1) is 13.2 Å². The van der Waals surface area contributed by atoms with Crippen LogP contribution in [0, 0.1) is 0 Å². The van der Waals surface area contributed by atoms with Crippen molar-refractivity contribution in [3.63, 3.8) is 0 Å². The maximum absolute atomic E-state index is 12.8. The first-order chi connectivity index (χ1) is 18.0. The molecule has 3 rings (SSSR count). The molecular weight excluding hydrogens is 667 g/mol. The van der Waals surface area contributed by atoms with Crippen LogP contribution in [0.2, 0.25) is 5.02 Å². The average Bonchev–Trinajstić information content (AvgIpc) is 3.22. The molecule has 0 saturated heterocycles. The molecule has 1 atom stereocenters. The Balaban J connectivity index is 2.07. The Bertz CT molecular complexity index is 1260. The van der Waals surface area contributed by atoms with Crippen molar-refractivity contribution in [2.45, 2.75) is 26.1 Å². The molecule has 0 amide bonds. The van der Waals surface area contributed by atoms with Crippen LogP contribution in [0.1, 0.15) is 30.0 Å². The lowest BCUT2D eigenvalue weighted by molar-refractivity contribution is -0.303. The lowest BCUT2D eigenvalue weighted by atomic mass is 9.99. The molecule has 1 aliphatic rings. The van der Waals surface area contributed by atoms with Crippen molar-refractivity contribution in [1.29, 1.82) is 0 Å².